The van der Waals surface area contributed by atoms with Crippen LogP contribution >= 0.6 is 0 Å². The lowest BCUT2D eigenvalue weighted by molar-refractivity contribution is -0.224. The summed E-state index contributed by atoms with van der Waals surface area (Å²) < 4.78 is 0. The largest absolute Gasteiger partial charge is 0.394 e. The van der Waals surface area contributed by atoms with E-state index in [-0.39, 0.29) is 23.4 Å². The second-order valence-electron chi connectivity index (χ2n) is 10.4. The Kier molecular flexibility index (Phi) is 4.52. The molecule has 4 fully saturated rings. The predicted octanol–water partition coefficient (Wildman–Crippen LogP) is 1.45. The van der Waals surface area contributed by atoms with Crippen LogP contribution in [-0.4, -0.2) is 56.1 Å². The van der Waals surface area contributed by atoms with Gasteiger partial charge in [-0.15, -0.1) is 0 Å². The summed E-state index contributed by atoms with van der Waals surface area (Å²) in [6, 6.07) is 0. The minimum absolute atomic E-state index is 0.0548. The van der Waals surface area contributed by atoms with E-state index in [1.807, 2.05) is 6.92 Å². The van der Waals surface area contributed by atoms with Gasteiger partial charge < -0.3 is 25.5 Å². The normalized spacial score (nSPS) is 57.8. The van der Waals surface area contributed by atoms with Gasteiger partial charge in [-0.1, -0.05) is 13.8 Å². The fourth-order valence-electron chi connectivity index (χ4n) is 8.10. The molecular formula is C21H36O5. The quantitative estimate of drug-likeness (QED) is 0.508. The number of aliphatic hydroxyl groups is 5. The average molecular weight is 369 g/mol. The highest BCUT2D eigenvalue weighted by atomic mass is 16.4. The zero-order valence-electron chi connectivity index (χ0n) is 16.1. The molecule has 0 aromatic heterocycles. The molecule has 4 aliphatic rings. The molecule has 5 nitrogen and oxygen atoms in total. The van der Waals surface area contributed by atoms with Crippen molar-refractivity contribution in [3.8, 4) is 0 Å². The molecule has 0 spiro atoms. The van der Waals surface area contributed by atoms with Crippen LogP contribution in [-0.2, 0) is 0 Å². The van der Waals surface area contributed by atoms with Gasteiger partial charge in [0.25, 0.3) is 0 Å². The molecule has 0 bridgehead atoms. The van der Waals surface area contributed by atoms with Gasteiger partial charge in [0.1, 0.15) is 6.10 Å². The zero-order valence-corrected chi connectivity index (χ0v) is 16.1. The molecule has 0 amide bonds. The predicted molar refractivity (Wildman–Crippen MR) is 97.2 cm³/mol. The average Bonchev–Trinajstić information content (AvgIpc) is 2.86. The molecule has 4 aliphatic carbocycles. The van der Waals surface area contributed by atoms with Crippen molar-refractivity contribution >= 4 is 0 Å². The third-order valence-electron chi connectivity index (χ3n) is 9.51. The van der Waals surface area contributed by atoms with Crippen molar-refractivity contribution in [2.45, 2.75) is 89.1 Å². The second-order valence-corrected chi connectivity index (χ2v) is 10.4. The lowest BCUT2D eigenvalue weighted by Gasteiger charge is -2.63. The smallest absolute Gasteiger partial charge is 0.106 e. The Balaban J connectivity index is 1.68. The zero-order chi connectivity index (χ0) is 18.9. The van der Waals surface area contributed by atoms with Gasteiger partial charge in [0.05, 0.1) is 24.4 Å². The Labute approximate surface area is 156 Å². The van der Waals surface area contributed by atoms with Crippen LogP contribution in [0.3, 0.4) is 0 Å². The van der Waals surface area contributed by atoms with E-state index in [1.54, 1.807) is 0 Å². The van der Waals surface area contributed by atoms with Crippen molar-refractivity contribution in [3.63, 3.8) is 0 Å². The van der Waals surface area contributed by atoms with E-state index in [0.717, 1.165) is 38.5 Å². The maximum absolute atomic E-state index is 11.3. The minimum atomic E-state index is -1.32. The van der Waals surface area contributed by atoms with Crippen molar-refractivity contribution < 1.29 is 25.5 Å². The third kappa shape index (κ3) is 2.33. The minimum Gasteiger partial charge on any atom is -0.394 e. The maximum atomic E-state index is 11.3. The van der Waals surface area contributed by atoms with Crippen LogP contribution < -0.4 is 0 Å². The molecule has 0 saturated heterocycles. The van der Waals surface area contributed by atoms with Crippen LogP contribution in [0.1, 0.15) is 65.2 Å². The van der Waals surface area contributed by atoms with Crippen LogP contribution in [0.2, 0.25) is 0 Å². The Morgan fingerprint density at radius 2 is 1.77 bits per heavy atom. The number of rotatable bonds is 2. The van der Waals surface area contributed by atoms with E-state index in [0.29, 0.717) is 24.7 Å². The van der Waals surface area contributed by atoms with Crippen molar-refractivity contribution in [1.82, 2.24) is 0 Å². The van der Waals surface area contributed by atoms with Gasteiger partial charge in [0, 0.05) is 5.41 Å². The van der Waals surface area contributed by atoms with Crippen LogP contribution in [0.15, 0.2) is 0 Å². The first-order valence-electron chi connectivity index (χ1n) is 10.5. The summed E-state index contributed by atoms with van der Waals surface area (Å²) in [4.78, 5) is 0. The van der Waals surface area contributed by atoms with E-state index < -0.39 is 29.8 Å². The fraction of sp³-hybridized carbons (Fsp3) is 1.00. The SMILES string of the molecule is C[C@]12CCC(O)CC1CC[C@@H]1[C@@H]2C(O)C[C@@]2(C)[C@H]1CC[C@]2(O)C(O)CO. The third-order valence-corrected chi connectivity index (χ3v) is 9.51. The number of fused-ring (bicyclic) bond motifs is 5. The summed E-state index contributed by atoms with van der Waals surface area (Å²) in [7, 11) is 0. The first-order chi connectivity index (χ1) is 12.2. The summed E-state index contributed by atoms with van der Waals surface area (Å²) in [5.74, 6) is 1.29. The molecule has 0 radical (unpaired) electrons. The topological polar surface area (TPSA) is 101 Å². The summed E-state index contributed by atoms with van der Waals surface area (Å²) in [5.41, 5.74) is -1.83. The second kappa shape index (κ2) is 6.15. The highest BCUT2D eigenvalue weighted by Crippen LogP contribution is 2.68. The lowest BCUT2D eigenvalue weighted by Crippen LogP contribution is -2.64. The molecular weight excluding hydrogens is 332 g/mol. The van der Waals surface area contributed by atoms with Gasteiger partial charge in [-0.2, -0.15) is 0 Å². The number of aliphatic hydroxyl groups excluding tert-OH is 4. The Bertz CT molecular complexity index is 555. The maximum Gasteiger partial charge on any atom is 0.106 e. The van der Waals surface area contributed by atoms with Crippen molar-refractivity contribution in [2.75, 3.05) is 6.61 Å². The van der Waals surface area contributed by atoms with Crippen molar-refractivity contribution in [2.24, 2.45) is 34.5 Å². The van der Waals surface area contributed by atoms with Gasteiger partial charge in [0.15, 0.2) is 0 Å². The molecule has 5 N–H and O–H groups in total. The van der Waals surface area contributed by atoms with E-state index in [9.17, 15) is 25.5 Å². The molecule has 26 heavy (non-hydrogen) atoms. The fourth-order valence-corrected chi connectivity index (χ4v) is 8.10. The molecule has 0 aromatic carbocycles. The van der Waals surface area contributed by atoms with Crippen LogP contribution in [0, 0.1) is 34.5 Å². The number of hydrogen-bond donors (Lipinski definition) is 5. The van der Waals surface area contributed by atoms with Crippen molar-refractivity contribution in [1.29, 1.82) is 0 Å². The van der Waals surface area contributed by atoms with Crippen LogP contribution in [0.4, 0.5) is 0 Å². The molecule has 4 unspecified atom stereocenters. The molecule has 10 atom stereocenters. The first kappa shape index (κ1) is 19.1. The van der Waals surface area contributed by atoms with Gasteiger partial charge in [-0.25, -0.2) is 0 Å². The van der Waals surface area contributed by atoms with Gasteiger partial charge in [-0.05, 0) is 80.5 Å². The first-order valence-corrected chi connectivity index (χ1v) is 10.5. The van der Waals surface area contributed by atoms with E-state index in [1.165, 1.54) is 0 Å². The monoisotopic (exact) mass is 368 g/mol. The van der Waals surface area contributed by atoms with Gasteiger partial charge >= 0.3 is 0 Å². The van der Waals surface area contributed by atoms with E-state index >= 15 is 0 Å². The molecule has 4 rings (SSSR count). The Morgan fingerprint density at radius 3 is 2.46 bits per heavy atom. The standard InChI is InChI=1S/C21H36O5/c1-19-7-5-13(23)9-12(19)3-4-14-15-6-8-21(26,17(25)11-22)20(15,2)10-16(24)18(14)19/h12-18,22-26H,3-11H2,1-2H3/t12?,13?,14-,15-,16?,17?,18+,19-,20-,21-/m0/s1. The highest BCUT2D eigenvalue weighted by molar-refractivity contribution is 5.17. The summed E-state index contributed by atoms with van der Waals surface area (Å²) in [6.45, 7) is 3.89. The lowest BCUT2D eigenvalue weighted by atomic mass is 9.43. The molecule has 150 valence electrons. The van der Waals surface area contributed by atoms with E-state index in [2.05, 4.69) is 6.92 Å². The Hall–Kier alpha value is -0.200. The molecule has 0 heterocycles. The van der Waals surface area contributed by atoms with Crippen LogP contribution in [0.5, 0.6) is 0 Å². The highest BCUT2D eigenvalue weighted by Gasteiger charge is 2.68. The van der Waals surface area contributed by atoms with Crippen molar-refractivity contribution in [3.05, 3.63) is 0 Å². The number of hydrogen-bond acceptors (Lipinski definition) is 5. The molecule has 4 saturated carbocycles. The molecule has 0 aromatic rings. The summed E-state index contributed by atoms with van der Waals surface area (Å²) in [6.07, 6.45) is 4.70. The van der Waals surface area contributed by atoms with E-state index in [4.69, 9.17) is 0 Å². The van der Waals surface area contributed by atoms with Gasteiger partial charge in [-0.3, -0.25) is 0 Å². The Morgan fingerprint density at radius 1 is 1.04 bits per heavy atom. The summed E-state index contributed by atoms with van der Waals surface area (Å²) >= 11 is 0. The van der Waals surface area contributed by atoms with Crippen LogP contribution in [0.25, 0.3) is 0 Å². The molecule has 0 aliphatic heterocycles. The summed E-state index contributed by atoms with van der Waals surface area (Å²) in [5, 5.41) is 52.5. The van der Waals surface area contributed by atoms with Gasteiger partial charge in [0.2, 0.25) is 0 Å². The molecule has 5 heteroatoms.